The Labute approximate surface area is 102 Å². The van der Waals surface area contributed by atoms with Gasteiger partial charge in [0.05, 0.1) is 0 Å². The average Bonchev–Trinajstić information content (AvgIpc) is 2.19. The second-order valence-corrected chi connectivity index (χ2v) is 4.44. The van der Waals surface area contributed by atoms with Crippen LogP contribution in [0, 0.1) is 5.82 Å². The van der Waals surface area contributed by atoms with Crippen LogP contribution in [0.4, 0.5) is 17.6 Å². The summed E-state index contributed by atoms with van der Waals surface area (Å²) in [6.07, 6.45) is -3.01. The molecule has 2 rings (SSSR count). The normalized spacial score (nSPS) is 23.8. The maximum atomic E-state index is 13.0. The Kier molecular flexibility index (Phi) is 3.87. The quantitative estimate of drug-likeness (QED) is 0.665. The van der Waals surface area contributed by atoms with Gasteiger partial charge in [-0.1, -0.05) is 12.1 Å². The van der Waals surface area contributed by atoms with Gasteiger partial charge in [-0.05, 0) is 36.5 Å². The number of hydroxylamine groups is 1. The molecule has 1 N–H and O–H groups in total. The molecule has 0 atom stereocenters. The van der Waals surface area contributed by atoms with Crippen LogP contribution in [-0.2, 0) is 4.84 Å². The fourth-order valence-electron chi connectivity index (χ4n) is 1.99. The summed E-state index contributed by atoms with van der Waals surface area (Å²) in [5.74, 6) is -0.107. The molecule has 18 heavy (non-hydrogen) atoms. The largest absolute Gasteiger partial charge is 0.413 e. The lowest BCUT2D eigenvalue weighted by Crippen LogP contribution is -2.41. The zero-order valence-corrected chi connectivity index (χ0v) is 9.51. The Morgan fingerprint density at radius 1 is 1.28 bits per heavy atom. The highest BCUT2D eigenvalue weighted by molar-refractivity contribution is 5.23. The van der Waals surface area contributed by atoms with Crippen LogP contribution in [0.2, 0.25) is 0 Å². The first-order valence-corrected chi connectivity index (χ1v) is 5.63. The molecule has 0 unspecified atom stereocenters. The van der Waals surface area contributed by atoms with E-state index in [2.05, 4.69) is 10.3 Å². The van der Waals surface area contributed by atoms with E-state index in [0.29, 0.717) is 12.8 Å². The Bertz CT molecular complexity index is 401. The summed E-state index contributed by atoms with van der Waals surface area (Å²) in [5, 5.41) is 0. The molecule has 0 heterocycles. The molecule has 0 amide bonds. The smallest absolute Gasteiger partial charge is 0.292 e. The van der Waals surface area contributed by atoms with Crippen LogP contribution < -0.4 is 5.48 Å². The van der Waals surface area contributed by atoms with Crippen molar-refractivity contribution in [2.24, 2.45) is 0 Å². The SMILES string of the molecule is Fc1cccc(C2CC(NOCC(F)(F)F)C2)c1. The van der Waals surface area contributed by atoms with Gasteiger partial charge in [-0.2, -0.15) is 18.7 Å². The van der Waals surface area contributed by atoms with Gasteiger partial charge in [-0.25, -0.2) is 4.39 Å². The van der Waals surface area contributed by atoms with Crippen LogP contribution in [-0.4, -0.2) is 18.8 Å². The highest BCUT2D eigenvalue weighted by Gasteiger charge is 2.33. The number of nitrogens with one attached hydrogen (secondary N) is 1. The van der Waals surface area contributed by atoms with Crippen molar-refractivity contribution in [1.82, 2.24) is 5.48 Å². The van der Waals surface area contributed by atoms with Crippen molar-refractivity contribution in [3.05, 3.63) is 35.6 Å². The minimum atomic E-state index is -4.32. The summed E-state index contributed by atoms with van der Waals surface area (Å²) in [4.78, 5) is 4.36. The van der Waals surface area contributed by atoms with E-state index < -0.39 is 12.8 Å². The van der Waals surface area contributed by atoms with Crippen molar-refractivity contribution in [3.63, 3.8) is 0 Å². The standard InChI is InChI=1S/C12H13F4NO/c13-10-3-1-2-8(4-10)9-5-11(6-9)17-18-7-12(14,15)16/h1-4,9,11,17H,5-7H2. The Morgan fingerprint density at radius 3 is 2.61 bits per heavy atom. The first-order valence-electron chi connectivity index (χ1n) is 5.63. The maximum absolute atomic E-state index is 13.0. The molecular weight excluding hydrogens is 250 g/mol. The van der Waals surface area contributed by atoms with Crippen LogP contribution in [0.25, 0.3) is 0 Å². The van der Waals surface area contributed by atoms with Crippen LogP contribution in [0.15, 0.2) is 24.3 Å². The van der Waals surface area contributed by atoms with Gasteiger partial charge in [-0.3, -0.25) is 4.84 Å². The highest BCUT2D eigenvalue weighted by atomic mass is 19.4. The van der Waals surface area contributed by atoms with E-state index in [1.165, 1.54) is 12.1 Å². The zero-order valence-electron chi connectivity index (χ0n) is 9.51. The molecule has 1 saturated carbocycles. The lowest BCUT2D eigenvalue weighted by atomic mass is 9.76. The molecule has 0 spiro atoms. The predicted molar refractivity (Wildman–Crippen MR) is 57.3 cm³/mol. The second kappa shape index (κ2) is 5.24. The monoisotopic (exact) mass is 263 g/mol. The van der Waals surface area contributed by atoms with E-state index in [4.69, 9.17) is 0 Å². The average molecular weight is 263 g/mol. The van der Waals surface area contributed by atoms with Crippen LogP contribution in [0.1, 0.15) is 24.3 Å². The molecule has 2 nitrogen and oxygen atoms in total. The molecule has 1 aromatic carbocycles. The first kappa shape index (κ1) is 13.3. The fraction of sp³-hybridized carbons (Fsp3) is 0.500. The molecular formula is C12H13F4NO. The van der Waals surface area contributed by atoms with Gasteiger partial charge >= 0.3 is 6.18 Å². The minimum absolute atomic E-state index is 0.0967. The third-order valence-electron chi connectivity index (χ3n) is 2.94. The van der Waals surface area contributed by atoms with Crippen molar-refractivity contribution < 1.29 is 22.4 Å². The van der Waals surface area contributed by atoms with E-state index in [1.807, 2.05) is 6.07 Å². The molecule has 0 aromatic heterocycles. The molecule has 0 bridgehead atoms. The predicted octanol–water partition coefficient (Wildman–Crippen LogP) is 3.16. The van der Waals surface area contributed by atoms with Gasteiger partial charge in [0.15, 0.2) is 6.61 Å². The van der Waals surface area contributed by atoms with Gasteiger partial charge in [0, 0.05) is 6.04 Å². The van der Waals surface area contributed by atoms with Crippen LogP contribution in [0.5, 0.6) is 0 Å². The number of rotatable bonds is 4. The first-order chi connectivity index (χ1) is 8.44. The van der Waals surface area contributed by atoms with E-state index in [9.17, 15) is 17.6 Å². The number of halogens is 4. The van der Waals surface area contributed by atoms with Gasteiger partial charge < -0.3 is 0 Å². The summed E-state index contributed by atoms with van der Waals surface area (Å²) >= 11 is 0. The van der Waals surface area contributed by atoms with Crippen LogP contribution >= 0.6 is 0 Å². The third-order valence-corrected chi connectivity index (χ3v) is 2.94. The summed E-state index contributed by atoms with van der Waals surface area (Å²) < 4.78 is 48.4. The third kappa shape index (κ3) is 3.68. The zero-order chi connectivity index (χ0) is 13.2. The number of hydrogen-bond donors (Lipinski definition) is 1. The summed E-state index contributed by atoms with van der Waals surface area (Å²) in [6.45, 7) is -1.30. The van der Waals surface area contributed by atoms with Gasteiger partial charge in [-0.15, -0.1) is 0 Å². The minimum Gasteiger partial charge on any atom is -0.292 e. The van der Waals surface area contributed by atoms with Crippen molar-refractivity contribution in [2.75, 3.05) is 6.61 Å². The molecule has 6 heteroatoms. The van der Waals surface area contributed by atoms with Crippen molar-refractivity contribution in [2.45, 2.75) is 31.0 Å². The Morgan fingerprint density at radius 2 is 2.00 bits per heavy atom. The van der Waals surface area contributed by atoms with E-state index in [-0.39, 0.29) is 17.8 Å². The molecule has 100 valence electrons. The highest BCUT2D eigenvalue weighted by Crippen LogP contribution is 2.37. The van der Waals surface area contributed by atoms with Crippen molar-refractivity contribution >= 4 is 0 Å². The molecule has 1 aromatic rings. The molecule has 0 radical (unpaired) electrons. The van der Waals surface area contributed by atoms with Gasteiger partial charge in [0.2, 0.25) is 0 Å². The lowest BCUT2D eigenvalue weighted by Gasteiger charge is -2.35. The van der Waals surface area contributed by atoms with E-state index in [1.54, 1.807) is 6.07 Å². The second-order valence-electron chi connectivity index (χ2n) is 4.44. The molecule has 1 aliphatic rings. The lowest BCUT2D eigenvalue weighted by molar-refractivity contribution is -0.195. The van der Waals surface area contributed by atoms with Crippen molar-refractivity contribution in [1.29, 1.82) is 0 Å². The molecule has 1 fully saturated rings. The summed E-state index contributed by atoms with van der Waals surface area (Å²) in [6, 6.07) is 6.18. The fourth-order valence-corrected chi connectivity index (χ4v) is 1.99. The van der Waals surface area contributed by atoms with Crippen molar-refractivity contribution in [3.8, 4) is 0 Å². The summed E-state index contributed by atoms with van der Waals surface area (Å²) in [5.41, 5.74) is 3.25. The summed E-state index contributed by atoms with van der Waals surface area (Å²) in [7, 11) is 0. The molecule has 0 saturated heterocycles. The maximum Gasteiger partial charge on any atom is 0.413 e. The number of alkyl halides is 3. The van der Waals surface area contributed by atoms with Gasteiger partial charge in [0.25, 0.3) is 0 Å². The van der Waals surface area contributed by atoms with E-state index >= 15 is 0 Å². The number of benzene rings is 1. The van der Waals surface area contributed by atoms with Gasteiger partial charge in [0.1, 0.15) is 5.82 Å². The Balaban J connectivity index is 1.71. The van der Waals surface area contributed by atoms with Crippen LogP contribution in [0.3, 0.4) is 0 Å². The molecule has 1 aliphatic carbocycles. The topological polar surface area (TPSA) is 21.3 Å². The molecule has 0 aliphatic heterocycles. The van der Waals surface area contributed by atoms with E-state index in [0.717, 1.165) is 5.56 Å². The Hall–Kier alpha value is -1.14. The number of hydrogen-bond acceptors (Lipinski definition) is 2.